The van der Waals surface area contributed by atoms with Gasteiger partial charge in [-0.15, -0.1) is 0 Å². The van der Waals surface area contributed by atoms with Crippen LogP contribution in [-0.4, -0.2) is 5.11 Å². The highest BCUT2D eigenvalue weighted by Crippen LogP contribution is 2.40. The van der Waals surface area contributed by atoms with Gasteiger partial charge in [0.1, 0.15) is 5.75 Å². The van der Waals surface area contributed by atoms with Crippen molar-refractivity contribution in [1.82, 2.24) is 0 Å². The number of phenolic OH excluding ortho intramolecular Hbond substituents is 1. The van der Waals surface area contributed by atoms with Crippen molar-refractivity contribution >= 4 is 0 Å². The topological polar surface area (TPSA) is 20.2 Å². The first-order valence-electron chi connectivity index (χ1n) is 8.00. The summed E-state index contributed by atoms with van der Waals surface area (Å²) < 4.78 is 0. The SMILES string of the molecule is CC(C)(C)c1cc(Cc2ccccc2)cc(C(C)(C)C)c1O. The second kappa shape index (κ2) is 5.79. The molecule has 2 rings (SSSR count). The summed E-state index contributed by atoms with van der Waals surface area (Å²) in [4.78, 5) is 0. The number of hydrogen-bond acceptors (Lipinski definition) is 1. The number of hydrogen-bond donors (Lipinski definition) is 1. The summed E-state index contributed by atoms with van der Waals surface area (Å²) >= 11 is 0. The van der Waals surface area contributed by atoms with Crippen LogP contribution in [0.2, 0.25) is 0 Å². The maximum atomic E-state index is 10.8. The van der Waals surface area contributed by atoms with Crippen LogP contribution in [0.1, 0.15) is 63.8 Å². The molecule has 0 amide bonds. The van der Waals surface area contributed by atoms with Crippen LogP contribution in [0.15, 0.2) is 42.5 Å². The fourth-order valence-electron chi connectivity index (χ4n) is 2.77. The summed E-state index contributed by atoms with van der Waals surface area (Å²) in [5, 5.41) is 10.8. The second-order valence-electron chi connectivity index (χ2n) is 8.20. The number of benzene rings is 2. The highest BCUT2D eigenvalue weighted by molar-refractivity contribution is 5.50. The molecule has 0 aromatic heterocycles. The van der Waals surface area contributed by atoms with E-state index in [0.29, 0.717) is 5.75 Å². The standard InChI is InChI=1S/C21H28O/c1-20(2,3)17-13-16(12-15-10-8-7-9-11-15)14-18(19(17)22)21(4,5)6/h7-11,13-14,22H,12H2,1-6H3. The van der Waals surface area contributed by atoms with E-state index in [9.17, 15) is 5.11 Å². The van der Waals surface area contributed by atoms with Crippen LogP contribution in [-0.2, 0) is 17.3 Å². The Bertz CT molecular complexity index is 605. The van der Waals surface area contributed by atoms with Crippen molar-refractivity contribution in [3.05, 3.63) is 64.7 Å². The van der Waals surface area contributed by atoms with Crippen molar-refractivity contribution in [1.29, 1.82) is 0 Å². The Morgan fingerprint density at radius 1 is 0.727 bits per heavy atom. The van der Waals surface area contributed by atoms with Crippen molar-refractivity contribution in [2.75, 3.05) is 0 Å². The molecule has 0 radical (unpaired) electrons. The van der Waals surface area contributed by atoms with Crippen molar-refractivity contribution in [2.24, 2.45) is 0 Å². The number of rotatable bonds is 2. The van der Waals surface area contributed by atoms with Gasteiger partial charge >= 0.3 is 0 Å². The van der Waals surface area contributed by atoms with Crippen LogP contribution >= 0.6 is 0 Å². The molecule has 0 bridgehead atoms. The van der Waals surface area contributed by atoms with E-state index in [1.165, 1.54) is 11.1 Å². The van der Waals surface area contributed by atoms with E-state index in [0.717, 1.165) is 17.5 Å². The second-order valence-corrected chi connectivity index (χ2v) is 8.20. The van der Waals surface area contributed by atoms with Crippen molar-refractivity contribution < 1.29 is 5.11 Å². The van der Waals surface area contributed by atoms with Gasteiger partial charge in [-0.1, -0.05) is 84.0 Å². The van der Waals surface area contributed by atoms with Crippen LogP contribution in [0.5, 0.6) is 5.75 Å². The zero-order chi connectivity index (χ0) is 16.5. The van der Waals surface area contributed by atoms with Crippen molar-refractivity contribution in [2.45, 2.75) is 58.8 Å². The summed E-state index contributed by atoms with van der Waals surface area (Å²) in [6, 6.07) is 14.8. The molecule has 1 heteroatoms. The van der Waals surface area contributed by atoms with Crippen molar-refractivity contribution in [3.63, 3.8) is 0 Å². The van der Waals surface area contributed by atoms with Crippen LogP contribution in [0.4, 0.5) is 0 Å². The number of aromatic hydroxyl groups is 1. The Kier molecular flexibility index (Phi) is 4.37. The molecule has 2 aromatic carbocycles. The molecule has 0 aliphatic rings. The molecule has 0 atom stereocenters. The lowest BCUT2D eigenvalue weighted by Crippen LogP contribution is -2.18. The third kappa shape index (κ3) is 3.71. The Morgan fingerprint density at radius 2 is 1.18 bits per heavy atom. The van der Waals surface area contributed by atoms with E-state index >= 15 is 0 Å². The minimum atomic E-state index is -0.0726. The van der Waals surface area contributed by atoms with E-state index in [4.69, 9.17) is 0 Å². The molecule has 0 saturated carbocycles. The molecule has 1 nitrogen and oxygen atoms in total. The molecule has 22 heavy (non-hydrogen) atoms. The monoisotopic (exact) mass is 296 g/mol. The molecule has 0 spiro atoms. The molecule has 0 aliphatic carbocycles. The first-order chi connectivity index (χ1) is 10.1. The van der Waals surface area contributed by atoms with Gasteiger partial charge in [-0.05, 0) is 39.5 Å². The third-order valence-corrected chi connectivity index (χ3v) is 4.04. The molecular formula is C21H28O. The lowest BCUT2D eigenvalue weighted by atomic mass is 9.78. The van der Waals surface area contributed by atoms with E-state index in [2.05, 4.69) is 77.9 Å². The Morgan fingerprint density at radius 3 is 1.59 bits per heavy atom. The summed E-state index contributed by atoms with van der Waals surface area (Å²) in [6.07, 6.45) is 0.896. The zero-order valence-electron chi connectivity index (χ0n) is 14.7. The van der Waals surface area contributed by atoms with Gasteiger partial charge in [-0.25, -0.2) is 0 Å². The van der Waals surface area contributed by atoms with Crippen molar-refractivity contribution in [3.8, 4) is 5.75 Å². The predicted molar refractivity (Wildman–Crippen MR) is 94.8 cm³/mol. The molecule has 1 N–H and O–H groups in total. The van der Waals surface area contributed by atoms with Crippen LogP contribution in [0, 0.1) is 0 Å². The van der Waals surface area contributed by atoms with Crippen LogP contribution in [0.3, 0.4) is 0 Å². The normalized spacial score (nSPS) is 12.5. The van der Waals surface area contributed by atoms with Gasteiger partial charge in [-0.2, -0.15) is 0 Å². The average molecular weight is 296 g/mol. The van der Waals surface area contributed by atoms with Gasteiger partial charge < -0.3 is 5.11 Å². The van der Waals surface area contributed by atoms with Gasteiger partial charge in [0.05, 0.1) is 0 Å². The van der Waals surface area contributed by atoms with Crippen LogP contribution < -0.4 is 0 Å². The largest absolute Gasteiger partial charge is 0.507 e. The van der Waals surface area contributed by atoms with E-state index in [1.807, 2.05) is 6.07 Å². The van der Waals surface area contributed by atoms with E-state index in [-0.39, 0.29) is 10.8 Å². The fraction of sp³-hybridized carbons (Fsp3) is 0.429. The highest BCUT2D eigenvalue weighted by Gasteiger charge is 2.26. The first-order valence-corrected chi connectivity index (χ1v) is 8.00. The van der Waals surface area contributed by atoms with Crippen LogP contribution in [0.25, 0.3) is 0 Å². The molecule has 0 unspecified atom stereocenters. The predicted octanol–water partition coefficient (Wildman–Crippen LogP) is 5.58. The Hall–Kier alpha value is -1.76. The summed E-state index contributed by atoms with van der Waals surface area (Å²) in [5.41, 5.74) is 4.48. The smallest absolute Gasteiger partial charge is 0.123 e. The lowest BCUT2D eigenvalue weighted by Gasteiger charge is -2.28. The highest BCUT2D eigenvalue weighted by atomic mass is 16.3. The maximum Gasteiger partial charge on any atom is 0.123 e. The van der Waals surface area contributed by atoms with Gasteiger partial charge in [0.2, 0.25) is 0 Å². The molecule has 0 fully saturated rings. The Balaban J connectivity index is 2.56. The quantitative estimate of drug-likeness (QED) is 0.767. The molecule has 0 aliphatic heterocycles. The van der Waals surface area contributed by atoms with Gasteiger partial charge in [0.25, 0.3) is 0 Å². The van der Waals surface area contributed by atoms with E-state index in [1.54, 1.807) is 0 Å². The van der Waals surface area contributed by atoms with Gasteiger partial charge in [0, 0.05) is 0 Å². The third-order valence-electron chi connectivity index (χ3n) is 4.04. The minimum absolute atomic E-state index is 0.0726. The molecule has 0 heterocycles. The fourth-order valence-corrected chi connectivity index (χ4v) is 2.77. The lowest BCUT2D eigenvalue weighted by molar-refractivity contribution is 0.423. The molecule has 2 aromatic rings. The first kappa shape index (κ1) is 16.6. The molecule has 118 valence electrons. The Labute approximate surface area is 135 Å². The molecular weight excluding hydrogens is 268 g/mol. The molecule has 0 saturated heterocycles. The van der Waals surface area contributed by atoms with E-state index < -0.39 is 0 Å². The van der Waals surface area contributed by atoms with Gasteiger partial charge in [-0.3, -0.25) is 0 Å². The average Bonchev–Trinajstić information content (AvgIpc) is 2.39. The summed E-state index contributed by atoms with van der Waals surface area (Å²) in [5.74, 6) is 0.455. The summed E-state index contributed by atoms with van der Waals surface area (Å²) in [6.45, 7) is 12.9. The number of phenols is 1. The summed E-state index contributed by atoms with van der Waals surface area (Å²) in [7, 11) is 0. The maximum absolute atomic E-state index is 10.8. The van der Waals surface area contributed by atoms with Gasteiger partial charge in [0.15, 0.2) is 0 Å². The minimum Gasteiger partial charge on any atom is -0.507 e. The zero-order valence-corrected chi connectivity index (χ0v) is 14.7.